The molecule has 1 aliphatic carbocycles. The van der Waals surface area contributed by atoms with Gasteiger partial charge in [-0.3, -0.25) is 9.36 Å². The standard InChI is InChI=1S/C17H21FN4OS/c1-11(2)9-19-15(23)10-24-17-21-20-16(22(17)12-7-8-12)13-5-3-4-6-14(13)18/h3-6,11-12H,7-10H2,1-2H3,(H,19,23). The van der Waals surface area contributed by atoms with Gasteiger partial charge in [0.25, 0.3) is 0 Å². The van der Waals surface area contributed by atoms with Crippen molar-refractivity contribution in [2.75, 3.05) is 12.3 Å². The maximum atomic E-state index is 14.1. The van der Waals surface area contributed by atoms with E-state index in [0.29, 0.717) is 35.0 Å². The molecule has 0 bridgehead atoms. The predicted molar refractivity (Wildman–Crippen MR) is 92.3 cm³/mol. The molecule has 5 nitrogen and oxygen atoms in total. The van der Waals surface area contributed by atoms with E-state index in [1.54, 1.807) is 18.2 Å². The maximum absolute atomic E-state index is 14.1. The molecule has 1 aromatic heterocycles. The quantitative estimate of drug-likeness (QED) is 0.780. The summed E-state index contributed by atoms with van der Waals surface area (Å²) in [5.41, 5.74) is 0.452. The molecule has 0 spiro atoms. The number of thioether (sulfide) groups is 1. The summed E-state index contributed by atoms with van der Waals surface area (Å²) >= 11 is 1.35. The Morgan fingerprint density at radius 2 is 2.12 bits per heavy atom. The lowest BCUT2D eigenvalue weighted by Gasteiger charge is -2.10. The van der Waals surface area contributed by atoms with E-state index in [4.69, 9.17) is 0 Å². The number of aromatic nitrogens is 3. The minimum atomic E-state index is -0.307. The zero-order valence-corrected chi connectivity index (χ0v) is 14.6. The van der Waals surface area contributed by atoms with Crippen LogP contribution in [-0.2, 0) is 4.79 Å². The summed E-state index contributed by atoms with van der Waals surface area (Å²) in [6.07, 6.45) is 2.07. The van der Waals surface area contributed by atoms with E-state index in [1.165, 1.54) is 17.8 Å². The van der Waals surface area contributed by atoms with Gasteiger partial charge in [-0.15, -0.1) is 10.2 Å². The van der Waals surface area contributed by atoms with Crippen LogP contribution in [0, 0.1) is 11.7 Å². The van der Waals surface area contributed by atoms with Gasteiger partial charge in [0.2, 0.25) is 5.91 Å². The van der Waals surface area contributed by atoms with Crippen molar-refractivity contribution in [3.05, 3.63) is 30.1 Å². The third-order valence-corrected chi connectivity index (χ3v) is 4.67. The van der Waals surface area contributed by atoms with Gasteiger partial charge in [0.05, 0.1) is 11.3 Å². The highest BCUT2D eigenvalue weighted by Crippen LogP contribution is 2.41. The monoisotopic (exact) mass is 348 g/mol. The zero-order valence-electron chi connectivity index (χ0n) is 13.8. The van der Waals surface area contributed by atoms with Gasteiger partial charge in [-0.25, -0.2) is 4.39 Å². The van der Waals surface area contributed by atoms with Crippen molar-refractivity contribution in [3.63, 3.8) is 0 Å². The lowest BCUT2D eigenvalue weighted by atomic mass is 10.2. The van der Waals surface area contributed by atoms with E-state index >= 15 is 0 Å². The minimum absolute atomic E-state index is 0.0218. The normalized spacial score (nSPS) is 14.2. The van der Waals surface area contributed by atoms with Crippen LogP contribution >= 0.6 is 11.8 Å². The number of hydrogen-bond acceptors (Lipinski definition) is 4. The molecule has 24 heavy (non-hydrogen) atoms. The maximum Gasteiger partial charge on any atom is 0.230 e. The van der Waals surface area contributed by atoms with Crippen LogP contribution in [0.5, 0.6) is 0 Å². The largest absolute Gasteiger partial charge is 0.355 e. The first-order chi connectivity index (χ1) is 11.6. The van der Waals surface area contributed by atoms with Gasteiger partial charge in [-0.2, -0.15) is 0 Å². The molecule has 128 valence electrons. The van der Waals surface area contributed by atoms with Crippen molar-refractivity contribution in [1.82, 2.24) is 20.1 Å². The Hall–Kier alpha value is -1.89. The molecular formula is C17H21FN4OS. The molecule has 1 N–H and O–H groups in total. The van der Waals surface area contributed by atoms with E-state index < -0.39 is 0 Å². The van der Waals surface area contributed by atoms with Crippen LogP contribution in [0.25, 0.3) is 11.4 Å². The number of carbonyl (C=O) groups is 1. The first-order valence-corrected chi connectivity index (χ1v) is 9.14. The Morgan fingerprint density at radius 1 is 1.38 bits per heavy atom. The number of nitrogens with zero attached hydrogens (tertiary/aromatic N) is 3. The number of amides is 1. The van der Waals surface area contributed by atoms with Gasteiger partial charge in [0.15, 0.2) is 11.0 Å². The van der Waals surface area contributed by atoms with Gasteiger partial charge < -0.3 is 5.32 Å². The van der Waals surface area contributed by atoms with Crippen LogP contribution in [0.4, 0.5) is 4.39 Å². The molecule has 0 radical (unpaired) electrons. The van der Waals surface area contributed by atoms with Crippen LogP contribution in [0.1, 0.15) is 32.7 Å². The number of halogens is 1. The van der Waals surface area contributed by atoms with Gasteiger partial charge in [0.1, 0.15) is 5.82 Å². The highest BCUT2D eigenvalue weighted by molar-refractivity contribution is 7.99. The molecule has 2 aromatic rings. The molecule has 3 rings (SSSR count). The summed E-state index contributed by atoms with van der Waals surface area (Å²) in [6.45, 7) is 4.77. The fourth-order valence-corrected chi connectivity index (χ4v) is 3.20. The molecule has 0 unspecified atom stereocenters. The molecule has 1 aromatic carbocycles. The Balaban J connectivity index is 1.75. The number of rotatable bonds is 7. The van der Waals surface area contributed by atoms with Crippen molar-refractivity contribution in [2.24, 2.45) is 5.92 Å². The molecule has 0 saturated heterocycles. The molecule has 1 amide bonds. The summed E-state index contributed by atoms with van der Waals surface area (Å²) in [5.74, 6) is 0.918. The molecule has 1 saturated carbocycles. The SMILES string of the molecule is CC(C)CNC(=O)CSc1nnc(-c2ccccc2F)n1C1CC1. The van der Waals surface area contributed by atoms with Crippen LogP contribution in [0.15, 0.2) is 29.4 Å². The lowest BCUT2D eigenvalue weighted by molar-refractivity contribution is -0.118. The molecule has 1 heterocycles. The van der Waals surface area contributed by atoms with E-state index in [9.17, 15) is 9.18 Å². The van der Waals surface area contributed by atoms with E-state index in [0.717, 1.165) is 12.8 Å². The van der Waals surface area contributed by atoms with Gasteiger partial charge >= 0.3 is 0 Å². The number of benzene rings is 1. The fourth-order valence-electron chi connectivity index (χ4n) is 2.36. The zero-order chi connectivity index (χ0) is 17.1. The summed E-state index contributed by atoms with van der Waals surface area (Å²) in [6, 6.07) is 6.88. The molecule has 7 heteroatoms. The average molecular weight is 348 g/mol. The van der Waals surface area contributed by atoms with Crippen molar-refractivity contribution >= 4 is 17.7 Å². The van der Waals surface area contributed by atoms with E-state index in [2.05, 4.69) is 29.4 Å². The van der Waals surface area contributed by atoms with Gasteiger partial charge in [-0.05, 0) is 30.9 Å². The van der Waals surface area contributed by atoms with Crippen LogP contribution < -0.4 is 5.32 Å². The second-order valence-electron chi connectivity index (χ2n) is 6.37. The van der Waals surface area contributed by atoms with Crippen LogP contribution in [-0.4, -0.2) is 33.0 Å². The second-order valence-corrected chi connectivity index (χ2v) is 7.32. The van der Waals surface area contributed by atoms with Crippen LogP contribution in [0.3, 0.4) is 0 Å². The van der Waals surface area contributed by atoms with E-state index in [1.807, 2.05) is 4.57 Å². The summed E-state index contributed by atoms with van der Waals surface area (Å²) < 4.78 is 16.1. The smallest absolute Gasteiger partial charge is 0.230 e. The average Bonchev–Trinajstić information content (AvgIpc) is 3.31. The van der Waals surface area contributed by atoms with Crippen molar-refractivity contribution in [2.45, 2.75) is 37.9 Å². The summed E-state index contributed by atoms with van der Waals surface area (Å²) in [4.78, 5) is 11.9. The Kier molecular flexibility index (Phi) is 5.18. The number of nitrogens with one attached hydrogen (secondary N) is 1. The molecule has 1 aliphatic rings. The van der Waals surface area contributed by atoms with Crippen molar-refractivity contribution in [3.8, 4) is 11.4 Å². The summed E-state index contributed by atoms with van der Waals surface area (Å²) in [7, 11) is 0. The third-order valence-electron chi connectivity index (χ3n) is 3.73. The van der Waals surface area contributed by atoms with Gasteiger partial charge in [0, 0.05) is 12.6 Å². The van der Waals surface area contributed by atoms with Gasteiger partial charge in [-0.1, -0.05) is 37.7 Å². The Labute approximate surface area is 145 Å². The highest BCUT2D eigenvalue weighted by atomic mass is 32.2. The molecule has 0 atom stereocenters. The molecule has 1 fully saturated rings. The van der Waals surface area contributed by atoms with Crippen molar-refractivity contribution in [1.29, 1.82) is 0 Å². The number of hydrogen-bond donors (Lipinski definition) is 1. The first-order valence-electron chi connectivity index (χ1n) is 8.15. The third kappa shape index (κ3) is 3.95. The Morgan fingerprint density at radius 3 is 2.79 bits per heavy atom. The minimum Gasteiger partial charge on any atom is -0.355 e. The van der Waals surface area contributed by atoms with Crippen molar-refractivity contribution < 1.29 is 9.18 Å². The predicted octanol–water partition coefficient (Wildman–Crippen LogP) is 3.28. The topological polar surface area (TPSA) is 59.8 Å². The molecule has 0 aliphatic heterocycles. The highest BCUT2D eigenvalue weighted by Gasteiger charge is 2.31. The Bertz CT molecular complexity index is 727. The summed E-state index contributed by atoms with van der Waals surface area (Å²) in [5, 5.41) is 11.9. The number of carbonyl (C=O) groups excluding carboxylic acids is 1. The van der Waals surface area contributed by atoms with E-state index in [-0.39, 0.29) is 17.5 Å². The fraction of sp³-hybridized carbons (Fsp3) is 0.471. The first kappa shape index (κ1) is 17.0. The van der Waals surface area contributed by atoms with Crippen LogP contribution in [0.2, 0.25) is 0 Å². The second kappa shape index (κ2) is 7.34. The lowest BCUT2D eigenvalue weighted by Crippen LogP contribution is -2.28. The molecular weight excluding hydrogens is 327 g/mol.